The van der Waals surface area contributed by atoms with Gasteiger partial charge in [0.05, 0.1) is 16.6 Å². The highest BCUT2D eigenvalue weighted by Gasteiger charge is 2.29. The lowest BCUT2D eigenvalue weighted by Gasteiger charge is -2.35. The molecular formula is C25H27FN4O. The molecule has 0 unspecified atom stereocenters. The first-order valence-electron chi connectivity index (χ1n) is 11.2. The van der Waals surface area contributed by atoms with E-state index in [0.717, 1.165) is 35.2 Å². The van der Waals surface area contributed by atoms with Gasteiger partial charge in [-0.1, -0.05) is 45.7 Å². The minimum Gasteiger partial charge on any atom is -0.311 e. The smallest absolute Gasteiger partial charge is 0.261 e. The van der Waals surface area contributed by atoms with E-state index in [0.29, 0.717) is 29.3 Å². The van der Waals surface area contributed by atoms with E-state index in [1.165, 1.54) is 18.6 Å². The van der Waals surface area contributed by atoms with Crippen molar-refractivity contribution in [1.29, 1.82) is 0 Å². The number of rotatable bonds is 3. The Morgan fingerprint density at radius 1 is 1.13 bits per heavy atom. The summed E-state index contributed by atoms with van der Waals surface area (Å²) in [4.78, 5) is 18.1. The van der Waals surface area contributed by atoms with Crippen molar-refractivity contribution in [3.63, 3.8) is 0 Å². The fourth-order valence-electron chi connectivity index (χ4n) is 5.10. The minimum absolute atomic E-state index is 0.00488. The maximum Gasteiger partial charge on any atom is 0.261 e. The minimum atomic E-state index is -0.275. The van der Waals surface area contributed by atoms with Crippen molar-refractivity contribution in [2.24, 2.45) is 11.8 Å². The summed E-state index contributed by atoms with van der Waals surface area (Å²) in [5, 5.41) is 5.36. The quantitative estimate of drug-likeness (QED) is 0.447. The molecule has 0 aliphatic heterocycles. The highest BCUT2D eigenvalue weighted by atomic mass is 19.1. The second-order valence-corrected chi connectivity index (χ2v) is 8.84. The number of halogens is 1. The summed E-state index contributed by atoms with van der Waals surface area (Å²) < 4.78 is 17.1. The van der Waals surface area contributed by atoms with E-state index in [-0.39, 0.29) is 17.4 Å². The molecule has 3 atom stereocenters. The van der Waals surface area contributed by atoms with Crippen LogP contribution in [0.5, 0.6) is 0 Å². The highest BCUT2D eigenvalue weighted by Crippen LogP contribution is 2.37. The molecule has 6 heteroatoms. The summed E-state index contributed by atoms with van der Waals surface area (Å²) in [5.74, 6) is 0.795. The summed E-state index contributed by atoms with van der Waals surface area (Å²) in [6.07, 6.45) is 7.72. The molecule has 1 aromatic carbocycles. The molecular weight excluding hydrogens is 391 g/mol. The van der Waals surface area contributed by atoms with Gasteiger partial charge in [-0.25, -0.2) is 13.9 Å². The van der Waals surface area contributed by atoms with Gasteiger partial charge >= 0.3 is 0 Å². The van der Waals surface area contributed by atoms with Crippen LogP contribution in [0.3, 0.4) is 0 Å². The van der Waals surface area contributed by atoms with Crippen molar-refractivity contribution < 1.29 is 4.39 Å². The van der Waals surface area contributed by atoms with E-state index in [1.54, 1.807) is 22.8 Å². The van der Waals surface area contributed by atoms with Crippen LogP contribution in [0.1, 0.15) is 51.8 Å². The summed E-state index contributed by atoms with van der Waals surface area (Å²) >= 11 is 0. The number of fused-ring (bicyclic) bond motifs is 3. The van der Waals surface area contributed by atoms with Crippen molar-refractivity contribution in [2.75, 3.05) is 0 Å². The van der Waals surface area contributed by atoms with E-state index in [2.05, 4.69) is 18.8 Å². The van der Waals surface area contributed by atoms with E-state index >= 15 is 0 Å². The number of hydrogen-bond acceptors (Lipinski definition) is 3. The Bertz CT molecular complexity index is 1320. The predicted molar refractivity (Wildman–Crippen MR) is 121 cm³/mol. The number of benzene rings is 1. The van der Waals surface area contributed by atoms with E-state index in [9.17, 15) is 9.18 Å². The Balaban J connectivity index is 1.70. The van der Waals surface area contributed by atoms with Crippen LogP contribution in [-0.4, -0.2) is 19.2 Å². The first-order chi connectivity index (χ1) is 15.0. The summed E-state index contributed by atoms with van der Waals surface area (Å²) in [6, 6.07) is 8.60. The van der Waals surface area contributed by atoms with Gasteiger partial charge < -0.3 is 4.57 Å². The van der Waals surface area contributed by atoms with E-state index < -0.39 is 0 Å². The van der Waals surface area contributed by atoms with Crippen LogP contribution in [0.4, 0.5) is 4.39 Å². The molecule has 0 amide bonds. The molecule has 0 radical (unpaired) electrons. The van der Waals surface area contributed by atoms with Crippen LogP contribution in [0.25, 0.3) is 27.7 Å². The molecule has 5 rings (SSSR count). The molecule has 1 aliphatic rings. The molecule has 5 nitrogen and oxygen atoms in total. The molecule has 0 saturated heterocycles. The third-order valence-corrected chi connectivity index (χ3v) is 7.10. The Labute approximate surface area is 180 Å². The lowest BCUT2D eigenvalue weighted by atomic mass is 9.78. The SMILES string of the molecule is CCc1nn2c(ncc3c(=O)n([C@@H]4CCC[C@@H](C)[C@@H]4C)ccc32)c1-c1ccc(F)cc1. The third kappa shape index (κ3) is 3.16. The maximum atomic E-state index is 13.4. The average molecular weight is 419 g/mol. The molecule has 3 aromatic heterocycles. The molecule has 0 spiro atoms. The molecule has 160 valence electrons. The van der Waals surface area contributed by atoms with Gasteiger partial charge in [0.25, 0.3) is 5.56 Å². The Morgan fingerprint density at radius 3 is 2.65 bits per heavy atom. The van der Waals surface area contributed by atoms with Crippen LogP contribution in [0.2, 0.25) is 0 Å². The van der Waals surface area contributed by atoms with E-state index in [4.69, 9.17) is 5.10 Å². The second kappa shape index (κ2) is 7.59. The molecule has 0 N–H and O–H groups in total. The lowest BCUT2D eigenvalue weighted by molar-refractivity contribution is 0.183. The maximum absolute atomic E-state index is 13.4. The van der Waals surface area contributed by atoms with Gasteiger partial charge in [-0.2, -0.15) is 5.10 Å². The second-order valence-electron chi connectivity index (χ2n) is 8.84. The zero-order valence-corrected chi connectivity index (χ0v) is 18.2. The lowest BCUT2D eigenvalue weighted by Crippen LogP contribution is -2.33. The van der Waals surface area contributed by atoms with Crippen LogP contribution in [0, 0.1) is 17.7 Å². The van der Waals surface area contributed by atoms with Crippen LogP contribution >= 0.6 is 0 Å². The number of aryl methyl sites for hydroxylation is 1. The number of pyridine rings is 1. The molecule has 1 fully saturated rings. The van der Waals surface area contributed by atoms with Gasteiger partial charge in [-0.15, -0.1) is 0 Å². The largest absolute Gasteiger partial charge is 0.311 e. The number of nitrogens with zero attached hydrogens (tertiary/aromatic N) is 4. The van der Waals surface area contributed by atoms with Crippen molar-refractivity contribution in [3.8, 4) is 11.1 Å². The Hall–Kier alpha value is -3.02. The van der Waals surface area contributed by atoms with Crippen molar-refractivity contribution >= 4 is 16.6 Å². The van der Waals surface area contributed by atoms with Gasteiger partial charge in [-0.3, -0.25) is 4.79 Å². The Morgan fingerprint density at radius 2 is 1.90 bits per heavy atom. The monoisotopic (exact) mass is 418 g/mol. The van der Waals surface area contributed by atoms with Gasteiger partial charge in [0.1, 0.15) is 5.82 Å². The topological polar surface area (TPSA) is 52.2 Å². The van der Waals surface area contributed by atoms with Gasteiger partial charge in [-0.05, 0) is 48.4 Å². The summed E-state index contributed by atoms with van der Waals surface area (Å²) in [6.45, 7) is 6.57. The van der Waals surface area contributed by atoms with Gasteiger partial charge in [0.15, 0.2) is 5.65 Å². The fraction of sp³-hybridized carbons (Fsp3) is 0.400. The van der Waals surface area contributed by atoms with Gasteiger partial charge in [0, 0.05) is 24.0 Å². The van der Waals surface area contributed by atoms with Crippen LogP contribution < -0.4 is 5.56 Å². The van der Waals surface area contributed by atoms with Gasteiger partial charge in [0.2, 0.25) is 0 Å². The first-order valence-corrected chi connectivity index (χ1v) is 11.2. The molecule has 3 heterocycles. The normalized spacial score (nSPS) is 21.7. The van der Waals surface area contributed by atoms with Crippen molar-refractivity contribution in [2.45, 2.75) is 52.5 Å². The van der Waals surface area contributed by atoms with Crippen molar-refractivity contribution in [3.05, 3.63) is 64.6 Å². The average Bonchev–Trinajstić information content (AvgIpc) is 3.16. The summed E-state index contributed by atoms with van der Waals surface area (Å²) in [5.41, 5.74) is 4.08. The zero-order valence-electron chi connectivity index (χ0n) is 18.2. The molecule has 1 aliphatic carbocycles. The zero-order chi connectivity index (χ0) is 21.7. The molecule has 31 heavy (non-hydrogen) atoms. The number of aromatic nitrogens is 4. The summed E-state index contributed by atoms with van der Waals surface area (Å²) in [7, 11) is 0. The third-order valence-electron chi connectivity index (χ3n) is 7.10. The molecule has 1 saturated carbocycles. The fourth-order valence-corrected chi connectivity index (χ4v) is 5.10. The highest BCUT2D eigenvalue weighted by molar-refractivity contribution is 5.86. The predicted octanol–water partition coefficient (Wildman–Crippen LogP) is 5.41. The number of hydrogen-bond donors (Lipinski definition) is 0. The van der Waals surface area contributed by atoms with Crippen LogP contribution in [-0.2, 0) is 6.42 Å². The van der Waals surface area contributed by atoms with E-state index in [1.807, 2.05) is 23.8 Å². The first kappa shape index (κ1) is 19.9. The molecule has 4 aromatic rings. The van der Waals surface area contributed by atoms with Crippen LogP contribution in [0.15, 0.2) is 47.5 Å². The Kier molecular flexibility index (Phi) is 4.88. The standard InChI is InChI=1S/C25H27FN4O/c1-4-20-23(17-8-10-18(26)11-9-17)24-27-14-19-22(30(24)28-20)12-13-29(25(19)31)21-7-5-6-15(2)16(21)3/h8-16,21H,4-7H2,1-3H3/t15-,16+,21-/m1/s1. The molecule has 0 bridgehead atoms. The van der Waals surface area contributed by atoms with Crippen molar-refractivity contribution in [1.82, 2.24) is 19.2 Å².